The zero-order valence-electron chi connectivity index (χ0n) is 14.9. The highest BCUT2D eigenvalue weighted by atomic mass is 16.5. The number of hydrogen-bond acceptors (Lipinski definition) is 4. The lowest BCUT2D eigenvalue weighted by Gasteiger charge is -2.24. The quantitative estimate of drug-likeness (QED) is 0.807. The number of benzene rings is 1. The minimum Gasteiger partial charge on any atom is -0.381 e. The minimum atomic E-state index is -0.138. The normalized spacial score (nSPS) is 17.1. The van der Waals surface area contributed by atoms with Crippen molar-refractivity contribution in [3.05, 3.63) is 40.3 Å². The van der Waals surface area contributed by atoms with Crippen molar-refractivity contribution in [2.75, 3.05) is 26.3 Å². The fourth-order valence-electron chi connectivity index (χ4n) is 3.30. The summed E-state index contributed by atoms with van der Waals surface area (Å²) in [5, 5.41) is 5.60. The first kappa shape index (κ1) is 17.6. The van der Waals surface area contributed by atoms with Gasteiger partial charge in [-0.2, -0.15) is 5.10 Å². The summed E-state index contributed by atoms with van der Waals surface area (Å²) < 4.78 is 6.84. The van der Waals surface area contributed by atoms with Gasteiger partial charge in [-0.1, -0.05) is 25.1 Å². The summed E-state index contributed by atoms with van der Waals surface area (Å²) in [5.74, 6) is 0.257. The molecule has 1 unspecified atom stereocenters. The van der Waals surface area contributed by atoms with Crippen LogP contribution >= 0.6 is 0 Å². The maximum atomic E-state index is 13.2. The molecule has 1 amide bonds. The first-order valence-corrected chi connectivity index (χ1v) is 9.02. The molecule has 0 saturated carbocycles. The molecule has 1 aromatic carbocycles. The fraction of sp³-hybridized carbons (Fsp3) is 0.526. The maximum absolute atomic E-state index is 13.2. The van der Waals surface area contributed by atoms with E-state index >= 15 is 0 Å². The second kappa shape index (κ2) is 7.78. The molecule has 6 heteroatoms. The number of carbonyl (C=O) groups excluding carboxylic acids is 1. The largest absolute Gasteiger partial charge is 0.381 e. The number of hydrogen-bond donors (Lipinski definition) is 0. The van der Waals surface area contributed by atoms with E-state index in [1.54, 1.807) is 12.1 Å². The van der Waals surface area contributed by atoms with Gasteiger partial charge in [0.05, 0.1) is 12.0 Å². The lowest BCUT2D eigenvalue weighted by atomic mass is 10.1. The molecular weight excluding hydrogens is 318 g/mol. The van der Waals surface area contributed by atoms with Crippen LogP contribution in [0.2, 0.25) is 0 Å². The Morgan fingerprint density at radius 3 is 2.72 bits per heavy atom. The van der Waals surface area contributed by atoms with Gasteiger partial charge in [0, 0.05) is 37.5 Å². The van der Waals surface area contributed by atoms with Gasteiger partial charge >= 0.3 is 0 Å². The molecule has 1 atom stereocenters. The summed E-state index contributed by atoms with van der Waals surface area (Å²) in [7, 11) is 0. The Hall–Kier alpha value is -2.21. The third kappa shape index (κ3) is 3.58. The first-order valence-electron chi connectivity index (χ1n) is 9.02. The van der Waals surface area contributed by atoms with Gasteiger partial charge in [-0.15, -0.1) is 0 Å². The zero-order chi connectivity index (χ0) is 17.8. The SMILES string of the molecule is CCCn1nc(C(=O)N(CC)CC2CCOC2)c2ccccc2c1=O. The molecular formula is C19H25N3O3. The Morgan fingerprint density at radius 2 is 2.08 bits per heavy atom. The third-order valence-corrected chi connectivity index (χ3v) is 4.68. The number of amides is 1. The lowest BCUT2D eigenvalue weighted by Crippen LogP contribution is -2.37. The number of nitrogens with zero attached hydrogens (tertiary/aromatic N) is 3. The van der Waals surface area contributed by atoms with E-state index in [2.05, 4.69) is 5.10 Å². The van der Waals surface area contributed by atoms with E-state index in [0.717, 1.165) is 19.4 Å². The van der Waals surface area contributed by atoms with Gasteiger partial charge in [-0.05, 0) is 25.8 Å². The van der Waals surface area contributed by atoms with Crippen molar-refractivity contribution in [3.63, 3.8) is 0 Å². The van der Waals surface area contributed by atoms with Gasteiger partial charge in [0.1, 0.15) is 0 Å². The van der Waals surface area contributed by atoms with Crippen LogP contribution in [0.3, 0.4) is 0 Å². The number of rotatable bonds is 6. The van der Waals surface area contributed by atoms with Crippen LogP contribution in [0.5, 0.6) is 0 Å². The van der Waals surface area contributed by atoms with Crippen molar-refractivity contribution in [3.8, 4) is 0 Å². The van der Waals surface area contributed by atoms with E-state index in [0.29, 0.717) is 48.6 Å². The molecule has 0 N–H and O–H groups in total. The molecule has 2 aromatic rings. The van der Waals surface area contributed by atoms with Crippen LogP contribution in [0.4, 0.5) is 0 Å². The van der Waals surface area contributed by atoms with Gasteiger partial charge in [-0.3, -0.25) is 9.59 Å². The van der Waals surface area contributed by atoms with Crippen molar-refractivity contribution >= 4 is 16.7 Å². The maximum Gasteiger partial charge on any atom is 0.274 e. The van der Waals surface area contributed by atoms with Gasteiger partial charge in [0.15, 0.2) is 5.69 Å². The van der Waals surface area contributed by atoms with Crippen LogP contribution in [-0.2, 0) is 11.3 Å². The average Bonchev–Trinajstić information content (AvgIpc) is 3.15. The molecule has 0 bridgehead atoms. The highest BCUT2D eigenvalue weighted by Crippen LogP contribution is 2.18. The predicted molar refractivity (Wildman–Crippen MR) is 96.8 cm³/mol. The van der Waals surface area contributed by atoms with Crippen LogP contribution in [0.1, 0.15) is 37.2 Å². The Morgan fingerprint density at radius 1 is 1.32 bits per heavy atom. The number of aryl methyl sites for hydroxylation is 1. The molecule has 3 rings (SSSR count). The summed E-state index contributed by atoms with van der Waals surface area (Å²) in [6.07, 6.45) is 1.77. The van der Waals surface area contributed by atoms with Crippen LogP contribution in [0.15, 0.2) is 29.1 Å². The highest BCUT2D eigenvalue weighted by Gasteiger charge is 2.25. The van der Waals surface area contributed by atoms with E-state index in [4.69, 9.17) is 4.74 Å². The summed E-state index contributed by atoms with van der Waals surface area (Å²) in [5.41, 5.74) is 0.227. The van der Waals surface area contributed by atoms with Crippen molar-refractivity contribution in [1.29, 1.82) is 0 Å². The van der Waals surface area contributed by atoms with Crippen molar-refractivity contribution < 1.29 is 9.53 Å². The summed E-state index contributed by atoms with van der Waals surface area (Å²) in [6.45, 7) is 7.20. The van der Waals surface area contributed by atoms with Gasteiger partial charge in [-0.25, -0.2) is 4.68 Å². The summed E-state index contributed by atoms with van der Waals surface area (Å²) in [6, 6.07) is 7.23. The fourth-order valence-corrected chi connectivity index (χ4v) is 3.30. The number of ether oxygens (including phenoxy) is 1. The Labute approximate surface area is 147 Å². The number of carbonyl (C=O) groups is 1. The molecule has 1 aliphatic heterocycles. The Kier molecular flexibility index (Phi) is 5.48. The molecule has 1 saturated heterocycles. The van der Waals surface area contributed by atoms with E-state index < -0.39 is 0 Å². The van der Waals surface area contributed by atoms with Crippen molar-refractivity contribution in [1.82, 2.24) is 14.7 Å². The summed E-state index contributed by atoms with van der Waals surface area (Å²) >= 11 is 0. The van der Waals surface area contributed by atoms with E-state index in [9.17, 15) is 9.59 Å². The standard InChI is InChI=1S/C19H25N3O3/c1-3-10-22-18(23)16-8-6-5-7-15(16)17(20-22)19(24)21(4-2)12-14-9-11-25-13-14/h5-8,14H,3-4,9-13H2,1-2H3. The van der Waals surface area contributed by atoms with E-state index in [1.807, 2.05) is 30.9 Å². The monoisotopic (exact) mass is 343 g/mol. The first-order chi connectivity index (χ1) is 12.2. The zero-order valence-corrected chi connectivity index (χ0v) is 14.9. The second-order valence-electron chi connectivity index (χ2n) is 6.50. The van der Waals surface area contributed by atoms with E-state index in [1.165, 1.54) is 4.68 Å². The lowest BCUT2D eigenvalue weighted by molar-refractivity contribution is 0.0724. The topological polar surface area (TPSA) is 64.4 Å². The molecule has 1 aromatic heterocycles. The molecule has 25 heavy (non-hydrogen) atoms. The van der Waals surface area contributed by atoms with Crippen LogP contribution in [0.25, 0.3) is 10.8 Å². The van der Waals surface area contributed by atoms with Gasteiger partial charge in [0.25, 0.3) is 11.5 Å². The molecule has 0 spiro atoms. The average molecular weight is 343 g/mol. The Balaban J connectivity index is 2.01. The molecule has 1 fully saturated rings. The molecule has 2 heterocycles. The molecule has 6 nitrogen and oxygen atoms in total. The minimum absolute atomic E-state index is 0.115. The number of aromatic nitrogens is 2. The van der Waals surface area contributed by atoms with Crippen LogP contribution in [-0.4, -0.2) is 46.9 Å². The Bertz CT molecular complexity index is 809. The van der Waals surface area contributed by atoms with Crippen molar-refractivity contribution in [2.45, 2.75) is 33.2 Å². The predicted octanol–water partition coefficient (Wildman–Crippen LogP) is 2.31. The highest BCUT2D eigenvalue weighted by molar-refractivity contribution is 6.04. The molecule has 134 valence electrons. The van der Waals surface area contributed by atoms with Gasteiger partial charge in [0.2, 0.25) is 0 Å². The van der Waals surface area contributed by atoms with Crippen LogP contribution < -0.4 is 5.56 Å². The third-order valence-electron chi connectivity index (χ3n) is 4.68. The van der Waals surface area contributed by atoms with Gasteiger partial charge < -0.3 is 9.64 Å². The molecule has 0 aliphatic carbocycles. The van der Waals surface area contributed by atoms with Crippen molar-refractivity contribution in [2.24, 2.45) is 5.92 Å². The molecule has 1 aliphatic rings. The molecule has 0 radical (unpaired) electrons. The van der Waals surface area contributed by atoms with E-state index in [-0.39, 0.29) is 11.5 Å². The smallest absolute Gasteiger partial charge is 0.274 e. The van der Waals surface area contributed by atoms with Crippen LogP contribution in [0, 0.1) is 5.92 Å². The second-order valence-corrected chi connectivity index (χ2v) is 6.50. The summed E-state index contributed by atoms with van der Waals surface area (Å²) in [4.78, 5) is 27.5. The number of fused-ring (bicyclic) bond motifs is 1.